The van der Waals surface area contributed by atoms with Crippen molar-refractivity contribution in [1.82, 2.24) is 0 Å². The van der Waals surface area contributed by atoms with Crippen LogP contribution >= 0.6 is 0 Å². The number of carbonyl (C=O) groups is 2. The Hall–Kier alpha value is -1.10. The van der Waals surface area contributed by atoms with Gasteiger partial charge in [-0.2, -0.15) is 0 Å². The van der Waals surface area contributed by atoms with Crippen molar-refractivity contribution in [2.75, 3.05) is 13.2 Å². The van der Waals surface area contributed by atoms with Gasteiger partial charge in [0.25, 0.3) is 0 Å². The minimum absolute atomic E-state index is 0.110. The maximum atomic E-state index is 11.8. The lowest BCUT2D eigenvalue weighted by Crippen LogP contribution is -2.25. The summed E-state index contributed by atoms with van der Waals surface area (Å²) >= 11 is 0. The van der Waals surface area contributed by atoms with Crippen LogP contribution in [0.1, 0.15) is 162 Å². The number of rotatable bonds is 27. The fourth-order valence-corrected chi connectivity index (χ4v) is 4.35. The predicted molar refractivity (Wildman–Crippen MR) is 150 cm³/mol. The third-order valence-corrected chi connectivity index (χ3v) is 7.13. The fourth-order valence-electron chi connectivity index (χ4n) is 4.35. The Morgan fingerprint density at radius 2 is 0.944 bits per heavy atom. The van der Waals surface area contributed by atoms with Gasteiger partial charge in [-0.05, 0) is 18.8 Å². The molecule has 0 aromatic heterocycles. The van der Waals surface area contributed by atoms with Crippen LogP contribution in [-0.4, -0.2) is 36.4 Å². The molecule has 0 spiro atoms. The highest BCUT2D eigenvalue weighted by molar-refractivity contribution is 5.69. The van der Waals surface area contributed by atoms with Gasteiger partial charge in [-0.3, -0.25) is 9.59 Å². The lowest BCUT2D eigenvalue weighted by Gasteiger charge is -2.12. The van der Waals surface area contributed by atoms with E-state index < -0.39 is 6.10 Å². The molecule has 0 rings (SSSR count). The number of carbonyl (C=O) groups excluding carboxylic acids is 2. The van der Waals surface area contributed by atoms with Crippen LogP contribution in [0.5, 0.6) is 0 Å². The number of ether oxygens (including phenoxy) is 2. The molecule has 0 aliphatic carbocycles. The van der Waals surface area contributed by atoms with E-state index in [1.54, 1.807) is 0 Å². The number of esters is 2. The lowest BCUT2D eigenvalue weighted by atomic mass is 9.99. The highest BCUT2D eigenvalue weighted by Gasteiger charge is 2.12. The van der Waals surface area contributed by atoms with E-state index in [1.165, 1.54) is 89.9 Å². The van der Waals surface area contributed by atoms with Crippen LogP contribution in [0.25, 0.3) is 0 Å². The number of aliphatic hydroxyl groups excluding tert-OH is 1. The molecule has 0 aliphatic rings. The van der Waals surface area contributed by atoms with Gasteiger partial charge in [-0.1, -0.05) is 136 Å². The molecule has 0 bridgehead atoms. The van der Waals surface area contributed by atoms with Crippen LogP contribution in [0.15, 0.2) is 0 Å². The lowest BCUT2D eigenvalue weighted by molar-refractivity contribution is -0.152. The molecule has 2 atom stereocenters. The normalized spacial score (nSPS) is 12.9. The van der Waals surface area contributed by atoms with Gasteiger partial charge in [0.1, 0.15) is 19.3 Å². The minimum atomic E-state index is -0.953. The van der Waals surface area contributed by atoms with Gasteiger partial charge in [-0.25, -0.2) is 0 Å². The zero-order valence-corrected chi connectivity index (χ0v) is 24.2. The van der Waals surface area contributed by atoms with E-state index in [9.17, 15) is 14.7 Å². The van der Waals surface area contributed by atoms with Gasteiger partial charge in [0.15, 0.2) is 0 Å². The Labute approximate surface area is 223 Å². The van der Waals surface area contributed by atoms with E-state index in [4.69, 9.17) is 9.47 Å². The van der Waals surface area contributed by atoms with Crippen molar-refractivity contribution in [3.63, 3.8) is 0 Å². The maximum Gasteiger partial charge on any atom is 0.305 e. The fraction of sp³-hybridized carbons (Fsp3) is 0.935. The van der Waals surface area contributed by atoms with Crippen LogP contribution in [0, 0.1) is 5.92 Å². The van der Waals surface area contributed by atoms with Gasteiger partial charge >= 0.3 is 11.9 Å². The summed E-state index contributed by atoms with van der Waals surface area (Å²) in [7, 11) is 0. The topological polar surface area (TPSA) is 72.8 Å². The average Bonchev–Trinajstić information content (AvgIpc) is 2.88. The summed E-state index contributed by atoms with van der Waals surface area (Å²) < 4.78 is 10.2. The predicted octanol–water partition coefficient (Wildman–Crippen LogP) is 8.69. The standard InChI is InChI=1S/C31H60O5/c1-4-6-7-8-9-10-11-15-18-21-24-30(33)35-26-29(32)27-36-31(34)25-22-19-16-13-12-14-17-20-23-28(3)5-2/h28-29,32H,4-27H2,1-3H3/t28?,29-/m0/s1. The van der Waals surface area contributed by atoms with Crippen molar-refractivity contribution in [2.45, 2.75) is 168 Å². The molecule has 0 fully saturated rings. The Morgan fingerprint density at radius 1 is 0.583 bits per heavy atom. The van der Waals surface area contributed by atoms with E-state index in [-0.39, 0.29) is 25.2 Å². The SMILES string of the molecule is CCCCCCCCCCCCC(=O)OC[C@H](O)COC(=O)CCCCCCCCCCC(C)CC. The molecule has 5 heteroatoms. The van der Waals surface area contributed by atoms with E-state index in [0.717, 1.165) is 44.4 Å². The Balaban J connectivity index is 3.44. The molecule has 36 heavy (non-hydrogen) atoms. The highest BCUT2D eigenvalue weighted by Crippen LogP contribution is 2.15. The van der Waals surface area contributed by atoms with Crippen LogP contribution in [0.3, 0.4) is 0 Å². The highest BCUT2D eigenvalue weighted by atomic mass is 16.6. The van der Waals surface area contributed by atoms with E-state index in [1.807, 2.05) is 0 Å². The summed E-state index contributed by atoms with van der Waals surface area (Å²) in [5, 5.41) is 9.91. The van der Waals surface area contributed by atoms with Crippen LogP contribution in [-0.2, 0) is 19.1 Å². The molecule has 0 saturated carbocycles. The van der Waals surface area contributed by atoms with Crippen LogP contribution in [0.2, 0.25) is 0 Å². The van der Waals surface area contributed by atoms with Crippen molar-refractivity contribution in [3.05, 3.63) is 0 Å². The van der Waals surface area contributed by atoms with E-state index in [0.29, 0.717) is 12.8 Å². The number of aliphatic hydroxyl groups is 1. The van der Waals surface area contributed by atoms with Crippen molar-refractivity contribution >= 4 is 11.9 Å². The summed E-state index contributed by atoms with van der Waals surface area (Å²) in [5.74, 6) is 0.298. The van der Waals surface area contributed by atoms with Crippen LogP contribution < -0.4 is 0 Å². The second-order valence-electron chi connectivity index (χ2n) is 10.8. The second kappa shape index (κ2) is 26.9. The molecule has 1 N–H and O–H groups in total. The first kappa shape index (κ1) is 34.9. The van der Waals surface area contributed by atoms with Crippen molar-refractivity contribution in [2.24, 2.45) is 5.92 Å². The van der Waals surface area contributed by atoms with E-state index >= 15 is 0 Å². The summed E-state index contributed by atoms with van der Waals surface area (Å²) in [5.41, 5.74) is 0. The zero-order chi connectivity index (χ0) is 26.7. The molecule has 0 aromatic carbocycles. The molecule has 214 valence electrons. The molecule has 5 nitrogen and oxygen atoms in total. The molecule has 0 saturated heterocycles. The molecule has 0 radical (unpaired) electrons. The van der Waals surface area contributed by atoms with Crippen molar-refractivity contribution < 1.29 is 24.2 Å². The summed E-state index contributed by atoms with van der Waals surface area (Å²) in [4.78, 5) is 23.7. The number of hydrogen-bond donors (Lipinski definition) is 1. The van der Waals surface area contributed by atoms with Gasteiger partial charge in [0.05, 0.1) is 0 Å². The smallest absolute Gasteiger partial charge is 0.305 e. The molecule has 0 heterocycles. The molecule has 0 amide bonds. The molecule has 0 aromatic rings. The van der Waals surface area contributed by atoms with Gasteiger partial charge in [0, 0.05) is 12.8 Å². The summed E-state index contributed by atoms with van der Waals surface area (Å²) in [6.45, 7) is 6.62. The Morgan fingerprint density at radius 3 is 1.33 bits per heavy atom. The minimum Gasteiger partial charge on any atom is -0.463 e. The van der Waals surface area contributed by atoms with E-state index in [2.05, 4.69) is 20.8 Å². The third-order valence-electron chi connectivity index (χ3n) is 7.13. The summed E-state index contributed by atoms with van der Waals surface area (Å²) in [6, 6.07) is 0. The van der Waals surface area contributed by atoms with Gasteiger partial charge < -0.3 is 14.6 Å². The average molecular weight is 513 g/mol. The van der Waals surface area contributed by atoms with Gasteiger partial charge in [-0.15, -0.1) is 0 Å². The quantitative estimate of drug-likeness (QED) is 0.0880. The third kappa shape index (κ3) is 26.0. The largest absolute Gasteiger partial charge is 0.463 e. The molecular formula is C31H60O5. The number of hydrogen-bond acceptors (Lipinski definition) is 5. The van der Waals surface area contributed by atoms with Crippen LogP contribution in [0.4, 0.5) is 0 Å². The Kier molecular flexibility index (Phi) is 26.1. The second-order valence-corrected chi connectivity index (χ2v) is 10.8. The maximum absolute atomic E-state index is 11.8. The first-order chi connectivity index (χ1) is 17.5. The number of unbranched alkanes of at least 4 members (excludes halogenated alkanes) is 16. The monoisotopic (exact) mass is 512 g/mol. The molecule has 1 unspecified atom stereocenters. The first-order valence-corrected chi connectivity index (χ1v) is 15.5. The van der Waals surface area contributed by atoms with Crippen molar-refractivity contribution in [1.29, 1.82) is 0 Å². The molecule has 0 aliphatic heterocycles. The van der Waals surface area contributed by atoms with Crippen molar-refractivity contribution in [3.8, 4) is 0 Å². The Bertz CT molecular complexity index is 493. The van der Waals surface area contributed by atoms with Gasteiger partial charge in [0.2, 0.25) is 0 Å². The first-order valence-electron chi connectivity index (χ1n) is 15.5. The zero-order valence-electron chi connectivity index (χ0n) is 24.2. The molecular weight excluding hydrogens is 452 g/mol. The summed E-state index contributed by atoms with van der Waals surface area (Å²) in [6.07, 6.45) is 24.3.